The molecule has 2 N–H and O–H groups in total. The van der Waals surface area contributed by atoms with Gasteiger partial charge in [0.05, 0.1) is 0 Å². The molecular formula is C21H25ClF2N2OS. The molecule has 3 nitrogen and oxygen atoms in total. The number of halogens is 3. The summed E-state index contributed by atoms with van der Waals surface area (Å²) in [5, 5.41) is 5.72. The molecule has 1 aliphatic heterocycles. The summed E-state index contributed by atoms with van der Waals surface area (Å²) in [6.07, 6.45) is 1.99. The zero-order valence-corrected chi connectivity index (χ0v) is 17.3. The van der Waals surface area contributed by atoms with Crippen molar-refractivity contribution >= 4 is 30.1 Å². The molecule has 2 aromatic rings. The third-order valence-electron chi connectivity index (χ3n) is 4.98. The summed E-state index contributed by atoms with van der Waals surface area (Å²) >= 11 is 1.04. The van der Waals surface area contributed by atoms with Gasteiger partial charge < -0.3 is 10.6 Å². The number of hydrogen-bond acceptors (Lipinski definition) is 3. The first-order chi connectivity index (χ1) is 13.0. The second kappa shape index (κ2) is 10.2. The molecule has 1 saturated heterocycles. The van der Waals surface area contributed by atoms with Crippen LogP contribution in [0.4, 0.5) is 8.78 Å². The normalized spacial score (nSPS) is 16.7. The first kappa shape index (κ1) is 22.7. The van der Waals surface area contributed by atoms with Crippen LogP contribution < -0.4 is 10.6 Å². The van der Waals surface area contributed by atoms with Crippen LogP contribution in [0.15, 0.2) is 53.4 Å². The van der Waals surface area contributed by atoms with E-state index in [-0.39, 0.29) is 28.6 Å². The van der Waals surface area contributed by atoms with Crippen molar-refractivity contribution < 1.29 is 13.6 Å². The van der Waals surface area contributed by atoms with Crippen LogP contribution in [0.2, 0.25) is 0 Å². The average molecular weight is 427 g/mol. The van der Waals surface area contributed by atoms with Gasteiger partial charge in [-0.3, -0.25) is 4.79 Å². The van der Waals surface area contributed by atoms with E-state index in [2.05, 4.69) is 17.6 Å². The molecule has 2 aromatic carbocycles. The Labute approximate surface area is 175 Å². The van der Waals surface area contributed by atoms with Crippen LogP contribution in [0.25, 0.3) is 0 Å². The minimum absolute atomic E-state index is 0. The lowest BCUT2D eigenvalue weighted by atomic mass is 9.81. The van der Waals surface area contributed by atoms with Crippen molar-refractivity contribution in [2.75, 3.05) is 19.6 Å². The third kappa shape index (κ3) is 5.93. The first-order valence-electron chi connectivity index (χ1n) is 9.12. The number of amides is 1. The number of hydrogen-bond donors (Lipinski definition) is 2. The number of carbonyl (C=O) groups excluding carboxylic acids is 1. The molecule has 1 aliphatic rings. The lowest BCUT2D eigenvalue weighted by molar-refractivity contribution is -0.121. The standard InChI is InChI=1S/C21H24F2N2OS.ClH/c1-21(9-11-24-12-10-21)14-25-20(26)19(15-5-3-2-4-6-15)27-18-13-16(22)7-8-17(18)23;/h2-8,13,19,24H,9-12,14H2,1H3,(H,25,26);1H. The minimum atomic E-state index is -0.646. The summed E-state index contributed by atoms with van der Waals surface area (Å²) in [6.45, 7) is 4.63. The van der Waals surface area contributed by atoms with E-state index < -0.39 is 16.9 Å². The van der Waals surface area contributed by atoms with Gasteiger partial charge in [-0.15, -0.1) is 24.2 Å². The molecule has 0 radical (unpaired) electrons. The van der Waals surface area contributed by atoms with Crippen LogP contribution >= 0.6 is 24.2 Å². The summed E-state index contributed by atoms with van der Waals surface area (Å²) in [5.74, 6) is -1.23. The van der Waals surface area contributed by atoms with Crippen LogP contribution in [-0.2, 0) is 4.79 Å². The Hall–Kier alpha value is -1.63. The van der Waals surface area contributed by atoms with E-state index in [9.17, 15) is 13.6 Å². The van der Waals surface area contributed by atoms with Gasteiger partial charge in [0.25, 0.3) is 0 Å². The highest BCUT2D eigenvalue weighted by atomic mass is 35.5. The number of carbonyl (C=O) groups is 1. The van der Waals surface area contributed by atoms with Crippen molar-refractivity contribution in [1.29, 1.82) is 0 Å². The maximum atomic E-state index is 14.1. The Kier molecular flexibility index (Phi) is 8.28. The number of rotatable bonds is 6. The third-order valence-corrected chi connectivity index (χ3v) is 6.27. The highest BCUT2D eigenvalue weighted by Crippen LogP contribution is 2.37. The number of piperidine rings is 1. The summed E-state index contributed by atoms with van der Waals surface area (Å²) in [7, 11) is 0. The van der Waals surface area contributed by atoms with E-state index in [4.69, 9.17) is 0 Å². The Morgan fingerprint density at radius 3 is 2.54 bits per heavy atom. The van der Waals surface area contributed by atoms with Crippen LogP contribution in [-0.4, -0.2) is 25.5 Å². The minimum Gasteiger partial charge on any atom is -0.354 e. The van der Waals surface area contributed by atoms with Crippen molar-refractivity contribution in [3.05, 3.63) is 65.7 Å². The second-order valence-corrected chi connectivity index (χ2v) is 8.41. The van der Waals surface area contributed by atoms with E-state index in [0.717, 1.165) is 61.5 Å². The lowest BCUT2D eigenvalue weighted by Crippen LogP contribution is -2.43. The van der Waals surface area contributed by atoms with Gasteiger partial charge in [0.2, 0.25) is 5.91 Å². The molecule has 0 aliphatic carbocycles. The highest BCUT2D eigenvalue weighted by Gasteiger charge is 2.29. The van der Waals surface area contributed by atoms with Crippen LogP contribution in [0.5, 0.6) is 0 Å². The Morgan fingerprint density at radius 2 is 1.86 bits per heavy atom. The van der Waals surface area contributed by atoms with Gasteiger partial charge in [-0.1, -0.05) is 37.3 Å². The zero-order chi connectivity index (χ0) is 19.3. The van der Waals surface area contributed by atoms with E-state index in [1.165, 1.54) is 0 Å². The van der Waals surface area contributed by atoms with E-state index in [0.29, 0.717) is 6.54 Å². The monoisotopic (exact) mass is 426 g/mol. The molecule has 0 aromatic heterocycles. The topological polar surface area (TPSA) is 41.1 Å². The predicted octanol–water partition coefficient (Wildman–Crippen LogP) is 4.73. The van der Waals surface area contributed by atoms with Crippen molar-refractivity contribution in [2.24, 2.45) is 5.41 Å². The molecule has 7 heteroatoms. The quantitative estimate of drug-likeness (QED) is 0.656. The molecular weight excluding hydrogens is 402 g/mol. The molecule has 1 heterocycles. The molecule has 28 heavy (non-hydrogen) atoms. The van der Waals surface area contributed by atoms with Gasteiger partial charge in [0.15, 0.2) is 0 Å². The van der Waals surface area contributed by atoms with Gasteiger partial charge >= 0.3 is 0 Å². The molecule has 0 spiro atoms. The lowest BCUT2D eigenvalue weighted by Gasteiger charge is -2.34. The smallest absolute Gasteiger partial charge is 0.238 e. The van der Waals surface area contributed by atoms with Gasteiger partial charge in [-0.25, -0.2) is 8.78 Å². The maximum absolute atomic E-state index is 14.1. The van der Waals surface area contributed by atoms with E-state index >= 15 is 0 Å². The Bertz CT molecular complexity index is 785. The highest BCUT2D eigenvalue weighted by molar-refractivity contribution is 8.00. The first-order valence-corrected chi connectivity index (χ1v) is 10.00. The zero-order valence-electron chi connectivity index (χ0n) is 15.7. The van der Waals surface area contributed by atoms with Gasteiger partial charge in [0, 0.05) is 11.4 Å². The van der Waals surface area contributed by atoms with E-state index in [1.54, 1.807) is 0 Å². The molecule has 152 valence electrons. The Morgan fingerprint density at radius 1 is 1.18 bits per heavy atom. The fraction of sp³-hybridized carbons (Fsp3) is 0.381. The van der Waals surface area contributed by atoms with Crippen molar-refractivity contribution in [2.45, 2.75) is 29.9 Å². The SMILES string of the molecule is CC1(CNC(=O)C(Sc2cc(F)ccc2F)c2ccccc2)CCNCC1.Cl. The van der Waals surface area contributed by atoms with Crippen molar-refractivity contribution in [1.82, 2.24) is 10.6 Å². The van der Waals surface area contributed by atoms with Crippen molar-refractivity contribution in [3.8, 4) is 0 Å². The van der Waals surface area contributed by atoms with Crippen LogP contribution in [0, 0.1) is 17.0 Å². The molecule has 1 atom stereocenters. The van der Waals surface area contributed by atoms with Crippen molar-refractivity contribution in [3.63, 3.8) is 0 Å². The fourth-order valence-electron chi connectivity index (χ4n) is 3.20. The summed E-state index contributed by atoms with van der Waals surface area (Å²) in [6, 6.07) is 12.5. The van der Waals surface area contributed by atoms with E-state index in [1.807, 2.05) is 30.3 Å². The van der Waals surface area contributed by atoms with Gasteiger partial charge in [0.1, 0.15) is 16.9 Å². The fourth-order valence-corrected chi connectivity index (χ4v) is 4.29. The molecule has 1 fully saturated rings. The predicted molar refractivity (Wildman–Crippen MR) is 112 cm³/mol. The van der Waals surface area contributed by atoms with Gasteiger partial charge in [-0.05, 0) is 55.1 Å². The number of thioether (sulfide) groups is 1. The maximum Gasteiger partial charge on any atom is 0.238 e. The summed E-state index contributed by atoms with van der Waals surface area (Å²) in [4.78, 5) is 13.1. The molecule has 1 unspecified atom stereocenters. The molecule has 3 rings (SSSR count). The summed E-state index contributed by atoms with van der Waals surface area (Å²) < 4.78 is 27.7. The number of nitrogens with one attached hydrogen (secondary N) is 2. The van der Waals surface area contributed by atoms with Crippen LogP contribution in [0.3, 0.4) is 0 Å². The second-order valence-electron chi connectivity index (χ2n) is 7.26. The largest absolute Gasteiger partial charge is 0.354 e. The molecule has 0 bridgehead atoms. The number of benzene rings is 2. The Balaban J connectivity index is 0.00000280. The summed E-state index contributed by atoms with van der Waals surface area (Å²) in [5.41, 5.74) is 0.816. The van der Waals surface area contributed by atoms with Gasteiger partial charge in [-0.2, -0.15) is 0 Å². The molecule has 0 saturated carbocycles. The molecule has 1 amide bonds. The average Bonchev–Trinajstić information content (AvgIpc) is 2.68. The van der Waals surface area contributed by atoms with Crippen LogP contribution in [0.1, 0.15) is 30.6 Å².